The summed E-state index contributed by atoms with van der Waals surface area (Å²) in [6, 6.07) is 17.7. The van der Waals surface area contributed by atoms with Crippen LogP contribution in [0.15, 0.2) is 73.2 Å². The maximum atomic E-state index is 4.73. The number of aromatic nitrogens is 4. The molecule has 5 heteroatoms. The second-order valence-corrected chi connectivity index (χ2v) is 5.32. The minimum absolute atomic E-state index is 0.569. The molecule has 0 fully saturated rings. The van der Waals surface area contributed by atoms with Crippen molar-refractivity contribution in [1.29, 1.82) is 0 Å². The minimum atomic E-state index is 0.569. The first kappa shape index (κ1) is 14.3. The van der Waals surface area contributed by atoms with Gasteiger partial charge in [-0.2, -0.15) is 0 Å². The van der Waals surface area contributed by atoms with Crippen molar-refractivity contribution in [2.75, 3.05) is 5.32 Å². The van der Waals surface area contributed by atoms with Crippen LogP contribution in [0.2, 0.25) is 0 Å². The Bertz CT molecular complexity index is 955. The van der Waals surface area contributed by atoms with E-state index in [1.807, 2.05) is 54.6 Å². The van der Waals surface area contributed by atoms with E-state index in [1.54, 1.807) is 18.6 Å². The smallest absolute Gasteiger partial charge is 0.160 e. The normalized spacial score (nSPS) is 10.7. The minimum Gasteiger partial charge on any atom is -0.379 e. The molecule has 24 heavy (non-hydrogen) atoms. The molecule has 4 rings (SSSR count). The van der Waals surface area contributed by atoms with Crippen molar-refractivity contribution >= 4 is 16.7 Å². The van der Waals surface area contributed by atoms with Crippen LogP contribution in [0.3, 0.4) is 0 Å². The lowest BCUT2D eigenvalue weighted by molar-refractivity contribution is 1.03. The Morgan fingerprint density at radius 1 is 0.792 bits per heavy atom. The average molecular weight is 313 g/mol. The summed E-state index contributed by atoms with van der Waals surface area (Å²) in [6.45, 7) is 0.569. The molecule has 1 N–H and O–H groups in total. The van der Waals surface area contributed by atoms with Gasteiger partial charge in [-0.3, -0.25) is 9.97 Å². The monoisotopic (exact) mass is 313 g/mol. The fraction of sp³-hybridized carbons (Fsp3) is 0.0526. The second kappa shape index (κ2) is 6.42. The van der Waals surface area contributed by atoms with Crippen LogP contribution in [-0.2, 0) is 6.54 Å². The number of anilines is 1. The molecule has 0 aliphatic carbocycles. The van der Waals surface area contributed by atoms with E-state index in [4.69, 9.17) is 4.98 Å². The van der Waals surface area contributed by atoms with Gasteiger partial charge in [0.2, 0.25) is 0 Å². The van der Waals surface area contributed by atoms with Crippen LogP contribution >= 0.6 is 0 Å². The highest BCUT2D eigenvalue weighted by Crippen LogP contribution is 2.20. The zero-order valence-electron chi connectivity index (χ0n) is 12.9. The molecule has 5 nitrogen and oxygen atoms in total. The van der Waals surface area contributed by atoms with Crippen LogP contribution in [0.1, 0.15) is 5.69 Å². The van der Waals surface area contributed by atoms with Crippen molar-refractivity contribution < 1.29 is 0 Å². The van der Waals surface area contributed by atoms with Crippen LogP contribution in [0.5, 0.6) is 0 Å². The molecule has 0 saturated carbocycles. The predicted molar refractivity (Wildman–Crippen MR) is 94.3 cm³/mol. The van der Waals surface area contributed by atoms with Crippen LogP contribution in [0.4, 0.5) is 5.69 Å². The van der Waals surface area contributed by atoms with Gasteiger partial charge in [0.05, 0.1) is 17.8 Å². The van der Waals surface area contributed by atoms with Gasteiger partial charge in [0.1, 0.15) is 5.52 Å². The number of benzene rings is 1. The summed E-state index contributed by atoms with van der Waals surface area (Å²) in [5.41, 5.74) is 4.52. The number of hydrogen-bond donors (Lipinski definition) is 1. The number of hydrogen-bond acceptors (Lipinski definition) is 5. The molecule has 0 atom stereocenters. The van der Waals surface area contributed by atoms with Crippen molar-refractivity contribution in [3.63, 3.8) is 0 Å². The molecule has 0 bridgehead atoms. The van der Waals surface area contributed by atoms with Gasteiger partial charge in [0.25, 0.3) is 0 Å². The Balaban J connectivity index is 1.75. The van der Waals surface area contributed by atoms with Crippen LogP contribution in [-0.4, -0.2) is 19.9 Å². The van der Waals surface area contributed by atoms with Gasteiger partial charge < -0.3 is 5.32 Å². The molecule has 1 aromatic carbocycles. The highest BCUT2D eigenvalue weighted by Gasteiger charge is 2.10. The molecule has 0 spiro atoms. The van der Waals surface area contributed by atoms with Crippen LogP contribution in [0.25, 0.3) is 22.4 Å². The van der Waals surface area contributed by atoms with E-state index in [9.17, 15) is 0 Å². The topological polar surface area (TPSA) is 63.6 Å². The van der Waals surface area contributed by atoms with E-state index in [1.165, 1.54) is 0 Å². The quantitative estimate of drug-likeness (QED) is 0.622. The molecular formula is C19H15N5. The highest BCUT2D eigenvalue weighted by molar-refractivity contribution is 5.78. The van der Waals surface area contributed by atoms with Gasteiger partial charge >= 0.3 is 0 Å². The molecule has 3 heterocycles. The van der Waals surface area contributed by atoms with Crippen molar-refractivity contribution in [2.45, 2.75) is 6.54 Å². The molecule has 0 saturated heterocycles. The molecule has 0 unspecified atom stereocenters. The van der Waals surface area contributed by atoms with E-state index in [-0.39, 0.29) is 0 Å². The highest BCUT2D eigenvalue weighted by atomic mass is 15.0. The van der Waals surface area contributed by atoms with E-state index >= 15 is 0 Å². The van der Waals surface area contributed by atoms with Gasteiger partial charge in [-0.05, 0) is 24.3 Å². The number of rotatable bonds is 4. The summed E-state index contributed by atoms with van der Waals surface area (Å²) in [5, 5.41) is 3.36. The molecule has 0 aliphatic heterocycles. The Kier molecular flexibility index (Phi) is 3.81. The Labute approximate surface area is 139 Å². The fourth-order valence-corrected chi connectivity index (χ4v) is 2.52. The number of nitrogens with one attached hydrogen (secondary N) is 1. The lowest BCUT2D eigenvalue weighted by Gasteiger charge is -2.10. The van der Waals surface area contributed by atoms with Gasteiger partial charge in [0, 0.05) is 29.8 Å². The summed E-state index contributed by atoms with van der Waals surface area (Å²) in [6.07, 6.45) is 5.28. The maximum Gasteiger partial charge on any atom is 0.160 e. The first-order chi connectivity index (χ1) is 11.9. The van der Waals surface area contributed by atoms with Crippen LogP contribution < -0.4 is 5.32 Å². The van der Waals surface area contributed by atoms with Gasteiger partial charge in [-0.25, -0.2) is 9.97 Å². The fourth-order valence-electron chi connectivity index (χ4n) is 2.52. The SMILES string of the molecule is c1ccc(-c2nc(CNc3ccncc3)c3ncccc3n2)cc1. The Hall–Kier alpha value is -3.34. The van der Waals surface area contributed by atoms with Gasteiger partial charge in [-0.1, -0.05) is 30.3 Å². The third-order valence-electron chi connectivity index (χ3n) is 3.70. The largest absolute Gasteiger partial charge is 0.379 e. The summed E-state index contributed by atoms with van der Waals surface area (Å²) < 4.78 is 0. The Morgan fingerprint density at radius 3 is 2.46 bits per heavy atom. The predicted octanol–water partition coefficient (Wildman–Crippen LogP) is 3.70. The van der Waals surface area contributed by atoms with Crippen LogP contribution in [0, 0.1) is 0 Å². The van der Waals surface area contributed by atoms with Crippen molar-refractivity contribution in [3.05, 3.63) is 78.9 Å². The zero-order chi connectivity index (χ0) is 16.2. The molecule has 0 amide bonds. The first-order valence-corrected chi connectivity index (χ1v) is 7.71. The summed E-state index contributed by atoms with van der Waals surface area (Å²) in [5.74, 6) is 0.711. The third kappa shape index (κ3) is 2.92. The number of fused-ring (bicyclic) bond motifs is 1. The van der Waals surface area contributed by atoms with E-state index < -0.39 is 0 Å². The van der Waals surface area contributed by atoms with E-state index in [2.05, 4.69) is 20.3 Å². The second-order valence-electron chi connectivity index (χ2n) is 5.32. The summed E-state index contributed by atoms with van der Waals surface area (Å²) >= 11 is 0. The number of pyridine rings is 2. The Morgan fingerprint density at radius 2 is 1.62 bits per heavy atom. The van der Waals surface area contributed by atoms with E-state index in [0.717, 1.165) is 28.0 Å². The maximum absolute atomic E-state index is 4.73. The number of nitrogens with zero attached hydrogens (tertiary/aromatic N) is 4. The van der Waals surface area contributed by atoms with Crippen molar-refractivity contribution in [1.82, 2.24) is 19.9 Å². The summed E-state index contributed by atoms with van der Waals surface area (Å²) in [7, 11) is 0. The molecule has 0 aliphatic rings. The molecule has 116 valence electrons. The third-order valence-corrected chi connectivity index (χ3v) is 3.70. The van der Waals surface area contributed by atoms with Gasteiger partial charge in [0.15, 0.2) is 5.82 Å². The molecular weight excluding hydrogens is 298 g/mol. The lowest BCUT2D eigenvalue weighted by Crippen LogP contribution is -2.06. The zero-order valence-corrected chi connectivity index (χ0v) is 12.9. The molecule has 0 radical (unpaired) electrons. The average Bonchev–Trinajstić information content (AvgIpc) is 2.67. The van der Waals surface area contributed by atoms with Crippen molar-refractivity contribution in [2.24, 2.45) is 0 Å². The van der Waals surface area contributed by atoms with Crippen molar-refractivity contribution in [3.8, 4) is 11.4 Å². The van der Waals surface area contributed by atoms with E-state index in [0.29, 0.717) is 12.4 Å². The lowest BCUT2D eigenvalue weighted by atomic mass is 10.2. The first-order valence-electron chi connectivity index (χ1n) is 7.71. The summed E-state index contributed by atoms with van der Waals surface area (Å²) in [4.78, 5) is 17.9. The molecule has 4 aromatic rings. The standard InChI is InChI=1S/C19H15N5/c1-2-5-14(6-3-1)19-23-16-7-4-10-21-18(16)17(24-19)13-22-15-8-11-20-12-9-15/h1-12H,13H2,(H,20,22). The molecule has 3 aromatic heterocycles. The van der Waals surface area contributed by atoms with Gasteiger partial charge in [-0.15, -0.1) is 0 Å².